The van der Waals surface area contributed by atoms with Gasteiger partial charge >= 0.3 is 0 Å². The molecule has 4 rings (SSSR count). The van der Waals surface area contributed by atoms with E-state index in [0.717, 1.165) is 10.6 Å². The number of aryl methyl sites for hydroxylation is 1. The second-order valence-electron chi connectivity index (χ2n) is 6.46. The van der Waals surface area contributed by atoms with Gasteiger partial charge in [0.25, 0.3) is 0 Å². The van der Waals surface area contributed by atoms with Crippen LogP contribution in [0.4, 0.5) is 0 Å². The van der Waals surface area contributed by atoms with Crippen LogP contribution in [0, 0.1) is 6.92 Å². The summed E-state index contributed by atoms with van der Waals surface area (Å²) in [5.74, 6) is 0. The molecule has 0 nitrogen and oxygen atoms in total. The highest BCUT2D eigenvalue weighted by atomic mass is 35.5. The number of hydrogen-bond acceptors (Lipinski definition) is 0. The normalized spacial score (nSPS) is 10.9. The van der Waals surface area contributed by atoms with Crippen LogP contribution in [0.5, 0.6) is 0 Å². The molecule has 0 fully saturated rings. The fourth-order valence-corrected chi connectivity index (χ4v) is 6.22. The van der Waals surface area contributed by atoms with Crippen molar-refractivity contribution in [3.8, 4) is 11.1 Å². The van der Waals surface area contributed by atoms with E-state index in [-0.39, 0.29) is 0 Å². The maximum absolute atomic E-state index is 6.64. The summed E-state index contributed by atoms with van der Waals surface area (Å²) in [6.45, 7) is 2.13. The molecule has 0 N–H and O–H groups in total. The highest BCUT2D eigenvalue weighted by Crippen LogP contribution is 2.39. The molecule has 0 radical (unpaired) electrons. The van der Waals surface area contributed by atoms with E-state index in [4.69, 9.17) is 11.6 Å². The second kappa shape index (κ2) is 8.09. The highest BCUT2D eigenvalue weighted by molar-refractivity contribution is 7.80. The first kappa shape index (κ1) is 18.0. The lowest BCUT2D eigenvalue weighted by Crippen LogP contribution is -2.22. The smallest absolute Gasteiger partial charge is 0.0487 e. The Morgan fingerprint density at radius 2 is 1.15 bits per heavy atom. The van der Waals surface area contributed by atoms with E-state index in [1.54, 1.807) is 0 Å². The molecule has 0 bridgehead atoms. The average molecular weight is 387 g/mol. The molecule has 0 spiro atoms. The van der Waals surface area contributed by atoms with Crippen molar-refractivity contribution in [3.63, 3.8) is 0 Å². The minimum Gasteiger partial charge on any atom is -0.0837 e. The predicted molar refractivity (Wildman–Crippen MR) is 120 cm³/mol. The van der Waals surface area contributed by atoms with Crippen LogP contribution in [0.15, 0.2) is 103 Å². The van der Waals surface area contributed by atoms with Crippen molar-refractivity contribution < 1.29 is 0 Å². The zero-order valence-corrected chi connectivity index (χ0v) is 16.8. The van der Waals surface area contributed by atoms with Crippen LogP contribution in [0.2, 0.25) is 5.02 Å². The number of rotatable bonds is 4. The van der Waals surface area contributed by atoms with Gasteiger partial charge in [-0.05, 0) is 48.0 Å². The lowest BCUT2D eigenvalue weighted by atomic mass is 10.0. The average Bonchev–Trinajstić information content (AvgIpc) is 2.71. The molecule has 0 unspecified atom stereocenters. The van der Waals surface area contributed by atoms with Crippen LogP contribution < -0.4 is 15.9 Å². The van der Waals surface area contributed by atoms with Gasteiger partial charge in [0.1, 0.15) is 0 Å². The van der Waals surface area contributed by atoms with Crippen molar-refractivity contribution in [2.75, 3.05) is 0 Å². The van der Waals surface area contributed by atoms with Crippen LogP contribution in [-0.2, 0) is 0 Å². The van der Waals surface area contributed by atoms with E-state index in [1.165, 1.54) is 27.0 Å². The first-order valence-corrected chi connectivity index (χ1v) is 10.7. The Bertz CT molecular complexity index is 982. The van der Waals surface area contributed by atoms with Gasteiger partial charge in [-0.1, -0.05) is 109 Å². The first-order chi connectivity index (χ1) is 13.3. The van der Waals surface area contributed by atoms with E-state index in [2.05, 4.69) is 97.9 Å². The molecule has 0 atom stereocenters. The summed E-state index contributed by atoms with van der Waals surface area (Å²) in [6, 6.07) is 36.4. The van der Waals surface area contributed by atoms with E-state index in [9.17, 15) is 0 Å². The number of hydrogen-bond donors (Lipinski definition) is 0. The Hall–Kier alpha value is -2.40. The fourth-order valence-electron chi connectivity index (χ4n) is 3.43. The summed E-state index contributed by atoms with van der Waals surface area (Å²) in [5, 5.41) is 4.83. The Morgan fingerprint density at radius 3 is 1.74 bits per heavy atom. The van der Waals surface area contributed by atoms with Gasteiger partial charge < -0.3 is 0 Å². The van der Waals surface area contributed by atoms with Gasteiger partial charge in [0, 0.05) is 10.6 Å². The summed E-state index contributed by atoms with van der Waals surface area (Å²) in [5.41, 5.74) is 3.56. The molecular weight excluding hydrogens is 367 g/mol. The van der Waals surface area contributed by atoms with Crippen molar-refractivity contribution in [1.82, 2.24) is 0 Å². The van der Waals surface area contributed by atoms with E-state index >= 15 is 0 Å². The quantitative estimate of drug-likeness (QED) is 0.373. The third kappa shape index (κ3) is 3.69. The minimum atomic E-state index is -0.674. The lowest BCUT2D eigenvalue weighted by molar-refractivity contribution is 1.46. The maximum atomic E-state index is 6.64. The fraction of sp³-hybridized carbons (Fsp3) is 0.0400. The van der Waals surface area contributed by atoms with Crippen molar-refractivity contribution in [3.05, 3.63) is 114 Å². The molecule has 0 aliphatic heterocycles. The summed E-state index contributed by atoms with van der Waals surface area (Å²) in [6.07, 6.45) is 0. The Balaban J connectivity index is 1.98. The van der Waals surface area contributed by atoms with Crippen molar-refractivity contribution in [1.29, 1.82) is 0 Å². The molecule has 0 aliphatic rings. The zero-order chi connectivity index (χ0) is 18.6. The summed E-state index contributed by atoms with van der Waals surface area (Å²) in [7, 11) is -0.674. The maximum Gasteiger partial charge on any atom is 0.0487 e. The second-order valence-corrected chi connectivity index (χ2v) is 9.05. The summed E-state index contributed by atoms with van der Waals surface area (Å²) in [4.78, 5) is 0. The Kier molecular flexibility index (Phi) is 5.39. The Morgan fingerprint density at radius 1 is 0.593 bits per heavy atom. The number of benzene rings is 4. The summed E-state index contributed by atoms with van der Waals surface area (Å²) >= 11 is 6.64. The van der Waals surface area contributed by atoms with Crippen molar-refractivity contribution in [2.24, 2.45) is 0 Å². The van der Waals surface area contributed by atoms with E-state index < -0.39 is 7.92 Å². The lowest BCUT2D eigenvalue weighted by Gasteiger charge is -2.23. The van der Waals surface area contributed by atoms with Gasteiger partial charge in [0.05, 0.1) is 0 Å². The van der Waals surface area contributed by atoms with Gasteiger partial charge in [-0.2, -0.15) is 0 Å². The molecule has 0 heterocycles. The van der Waals surface area contributed by atoms with Crippen LogP contribution in [0.25, 0.3) is 11.1 Å². The molecule has 4 aromatic carbocycles. The molecule has 132 valence electrons. The Labute approximate surface area is 167 Å². The third-order valence-corrected chi connectivity index (χ3v) is 7.48. The van der Waals surface area contributed by atoms with Crippen molar-refractivity contribution >= 4 is 35.4 Å². The van der Waals surface area contributed by atoms with Gasteiger partial charge in [-0.25, -0.2) is 0 Å². The SMILES string of the molecule is Cc1cccc(Cl)c1-c1ccccc1P(c1ccccc1)c1ccccc1. The van der Waals surface area contributed by atoms with E-state index in [1.807, 2.05) is 12.1 Å². The molecule has 0 saturated carbocycles. The number of halogens is 1. The molecule has 0 amide bonds. The van der Waals surface area contributed by atoms with Crippen molar-refractivity contribution in [2.45, 2.75) is 6.92 Å². The highest BCUT2D eigenvalue weighted by Gasteiger charge is 2.21. The van der Waals surface area contributed by atoms with Crippen LogP contribution in [0.3, 0.4) is 0 Å². The monoisotopic (exact) mass is 386 g/mol. The van der Waals surface area contributed by atoms with Gasteiger partial charge in [0.2, 0.25) is 0 Å². The third-order valence-electron chi connectivity index (χ3n) is 4.67. The van der Waals surface area contributed by atoms with Crippen LogP contribution in [-0.4, -0.2) is 0 Å². The van der Waals surface area contributed by atoms with Gasteiger partial charge in [-0.3, -0.25) is 0 Å². The van der Waals surface area contributed by atoms with E-state index in [0.29, 0.717) is 0 Å². The standard InChI is InChI=1S/C25H20ClP/c1-19-11-10-17-23(26)25(19)22-16-8-9-18-24(22)27(20-12-4-2-5-13-20)21-14-6-3-7-15-21/h2-18H,1H3. The van der Waals surface area contributed by atoms with Crippen LogP contribution in [0.1, 0.15) is 5.56 Å². The largest absolute Gasteiger partial charge is 0.0837 e. The molecular formula is C25H20ClP. The van der Waals surface area contributed by atoms with Gasteiger partial charge in [-0.15, -0.1) is 0 Å². The predicted octanol–water partition coefficient (Wildman–Crippen LogP) is 6.07. The molecule has 0 aromatic heterocycles. The molecule has 0 aliphatic carbocycles. The minimum absolute atomic E-state index is 0.674. The molecule has 27 heavy (non-hydrogen) atoms. The molecule has 4 aromatic rings. The zero-order valence-electron chi connectivity index (χ0n) is 15.1. The summed E-state index contributed by atoms with van der Waals surface area (Å²) < 4.78 is 0. The molecule has 0 saturated heterocycles. The first-order valence-electron chi connectivity index (χ1n) is 9.00. The molecule has 2 heteroatoms. The van der Waals surface area contributed by atoms with Gasteiger partial charge in [0.15, 0.2) is 0 Å². The topological polar surface area (TPSA) is 0 Å². The van der Waals surface area contributed by atoms with Crippen LogP contribution >= 0.6 is 19.5 Å².